The zero-order valence-electron chi connectivity index (χ0n) is 10.9. The SMILES string of the molecule is Nc1nnc(SCC(=O)NCCOc2ccc(Cl)cc2)s1. The lowest BCUT2D eigenvalue weighted by molar-refractivity contribution is -0.118. The number of carbonyl (C=O) groups is 1. The second kappa shape index (κ2) is 8.06. The Hall–Kier alpha value is -1.51. The summed E-state index contributed by atoms with van der Waals surface area (Å²) in [6.45, 7) is 0.823. The highest BCUT2D eigenvalue weighted by atomic mass is 35.5. The number of nitrogens with two attached hydrogens (primary N) is 1. The van der Waals surface area contributed by atoms with Crippen LogP contribution < -0.4 is 15.8 Å². The number of halogens is 1. The van der Waals surface area contributed by atoms with Crippen LogP contribution in [0.15, 0.2) is 28.6 Å². The Morgan fingerprint density at radius 1 is 1.38 bits per heavy atom. The Kier molecular flexibility index (Phi) is 6.09. The van der Waals surface area contributed by atoms with Gasteiger partial charge in [0, 0.05) is 5.02 Å². The zero-order valence-corrected chi connectivity index (χ0v) is 13.3. The normalized spacial score (nSPS) is 10.3. The molecule has 0 aliphatic carbocycles. The summed E-state index contributed by atoms with van der Waals surface area (Å²) < 4.78 is 6.14. The molecule has 1 aromatic heterocycles. The fourth-order valence-electron chi connectivity index (χ4n) is 1.35. The summed E-state index contributed by atoms with van der Waals surface area (Å²) in [6.07, 6.45) is 0. The number of rotatable bonds is 7. The van der Waals surface area contributed by atoms with Crippen LogP contribution in [0.4, 0.5) is 5.13 Å². The first-order chi connectivity index (χ1) is 10.1. The predicted molar refractivity (Wildman–Crippen MR) is 85.0 cm³/mol. The van der Waals surface area contributed by atoms with Crippen LogP contribution in [0.2, 0.25) is 5.02 Å². The average Bonchev–Trinajstić information content (AvgIpc) is 2.89. The van der Waals surface area contributed by atoms with Crippen LogP contribution in [0, 0.1) is 0 Å². The van der Waals surface area contributed by atoms with Crippen LogP contribution in [0.5, 0.6) is 5.75 Å². The van der Waals surface area contributed by atoms with Crippen LogP contribution in [0.25, 0.3) is 0 Å². The highest BCUT2D eigenvalue weighted by Crippen LogP contribution is 2.22. The Labute approximate surface area is 135 Å². The molecule has 0 aliphatic heterocycles. The van der Waals surface area contributed by atoms with Crippen molar-refractivity contribution in [1.29, 1.82) is 0 Å². The minimum Gasteiger partial charge on any atom is -0.492 e. The molecule has 1 heterocycles. The molecule has 9 heteroatoms. The van der Waals surface area contributed by atoms with Crippen molar-refractivity contribution in [1.82, 2.24) is 15.5 Å². The highest BCUT2D eigenvalue weighted by molar-refractivity contribution is 8.01. The monoisotopic (exact) mass is 344 g/mol. The summed E-state index contributed by atoms with van der Waals surface area (Å²) in [5, 5.41) is 11.3. The maximum absolute atomic E-state index is 11.6. The second-order valence-corrected chi connectivity index (χ2v) is 6.52. The lowest BCUT2D eigenvalue weighted by atomic mass is 10.3. The number of amides is 1. The van der Waals surface area contributed by atoms with Gasteiger partial charge in [0.15, 0.2) is 4.34 Å². The number of anilines is 1. The van der Waals surface area contributed by atoms with Crippen molar-refractivity contribution in [2.75, 3.05) is 24.6 Å². The van der Waals surface area contributed by atoms with E-state index in [-0.39, 0.29) is 11.7 Å². The molecule has 3 N–H and O–H groups in total. The standard InChI is InChI=1S/C12H13ClN4O2S2/c13-8-1-3-9(4-2-8)19-6-5-15-10(18)7-20-12-17-16-11(14)21-12/h1-4H,5-7H2,(H2,14,16)(H,15,18). The number of benzene rings is 1. The number of hydrogen-bond acceptors (Lipinski definition) is 7. The van der Waals surface area contributed by atoms with E-state index in [0.29, 0.717) is 33.4 Å². The number of nitrogens with one attached hydrogen (secondary N) is 1. The van der Waals surface area contributed by atoms with Crippen LogP contribution in [-0.4, -0.2) is 35.0 Å². The van der Waals surface area contributed by atoms with Gasteiger partial charge in [-0.2, -0.15) is 0 Å². The Bertz CT molecular complexity index is 591. The van der Waals surface area contributed by atoms with Crippen LogP contribution >= 0.6 is 34.7 Å². The third-order valence-corrected chi connectivity index (χ3v) is 4.39. The number of nitrogen functional groups attached to an aromatic ring is 1. The third kappa shape index (κ3) is 5.78. The summed E-state index contributed by atoms with van der Waals surface area (Å²) in [4.78, 5) is 11.6. The lowest BCUT2D eigenvalue weighted by Crippen LogP contribution is -2.29. The summed E-state index contributed by atoms with van der Waals surface area (Å²) in [6, 6.07) is 7.06. The number of carbonyl (C=O) groups excluding carboxylic acids is 1. The smallest absolute Gasteiger partial charge is 0.230 e. The molecular weight excluding hydrogens is 332 g/mol. The Morgan fingerprint density at radius 3 is 2.81 bits per heavy atom. The van der Waals surface area contributed by atoms with Crippen molar-refractivity contribution in [2.24, 2.45) is 0 Å². The number of hydrogen-bond donors (Lipinski definition) is 2. The van der Waals surface area contributed by atoms with Crippen LogP contribution in [0.3, 0.4) is 0 Å². The maximum Gasteiger partial charge on any atom is 0.230 e. The van der Waals surface area contributed by atoms with E-state index in [1.54, 1.807) is 24.3 Å². The minimum absolute atomic E-state index is 0.0894. The van der Waals surface area contributed by atoms with E-state index in [9.17, 15) is 4.79 Å². The fraction of sp³-hybridized carbons (Fsp3) is 0.250. The van der Waals surface area contributed by atoms with E-state index < -0.39 is 0 Å². The average molecular weight is 345 g/mol. The molecule has 0 saturated carbocycles. The zero-order chi connectivity index (χ0) is 15.1. The number of ether oxygens (including phenoxy) is 1. The van der Waals surface area contributed by atoms with E-state index in [4.69, 9.17) is 22.1 Å². The Balaban J connectivity index is 1.59. The van der Waals surface area contributed by atoms with E-state index in [1.165, 1.54) is 23.1 Å². The van der Waals surface area contributed by atoms with Gasteiger partial charge in [-0.25, -0.2) is 0 Å². The summed E-state index contributed by atoms with van der Waals surface area (Å²) in [7, 11) is 0. The molecule has 0 atom stereocenters. The summed E-state index contributed by atoms with van der Waals surface area (Å²) in [5.74, 6) is 0.899. The van der Waals surface area contributed by atoms with Gasteiger partial charge in [0.05, 0.1) is 12.3 Å². The molecule has 0 unspecified atom stereocenters. The topological polar surface area (TPSA) is 90.1 Å². The molecule has 0 fully saturated rings. The van der Waals surface area contributed by atoms with Crippen molar-refractivity contribution in [3.63, 3.8) is 0 Å². The second-order valence-electron chi connectivity index (χ2n) is 3.85. The molecule has 2 aromatic rings. The molecule has 0 radical (unpaired) electrons. The molecule has 0 aliphatic rings. The molecule has 0 bridgehead atoms. The van der Waals surface area contributed by atoms with Gasteiger partial charge < -0.3 is 15.8 Å². The van der Waals surface area contributed by atoms with Crippen molar-refractivity contribution in [3.05, 3.63) is 29.3 Å². The van der Waals surface area contributed by atoms with Crippen LogP contribution in [-0.2, 0) is 4.79 Å². The van der Waals surface area contributed by atoms with Gasteiger partial charge in [-0.15, -0.1) is 10.2 Å². The molecule has 21 heavy (non-hydrogen) atoms. The first kappa shape index (κ1) is 15.9. The third-order valence-electron chi connectivity index (χ3n) is 2.26. The maximum atomic E-state index is 11.6. The highest BCUT2D eigenvalue weighted by Gasteiger charge is 2.06. The molecule has 1 amide bonds. The predicted octanol–water partition coefficient (Wildman–Crippen LogP) is 2.06. The molecule has 0 saturated heterocycles. The van der Waals surface area contributed by atoms with E-state index >= 15 is 0 Å². The van der Waals surface area contributed by atoms with Gasteiger partial charge in [-0.05, 0) is 24.3 Å². The van der Waals surface area contributed by atoms with Crippen molar-refractivity contribution >= 4 is 45.7 Å². The van der Waals surface area contributed by atoms with Crippen molar-refractivity contribution < 1.29 is 9.53 Å². The largest absolute Gasteiger partial charge is 0.492 e. The van der Waals surface area contributed by atoms with Gasteiger partial charge in [0.1, 0.15) is 12.4 Å². The molecule has 6 nitrogen and oxygen atoms in total. The van der Waals surface area contributed by atoms with Crippen molar-refractivity contribution in [2.45, 2.75) is 4.34 Å². The first-order valence-corrected chi connectivity index (χ1v) is 8.18. The molecule has 0 spiro atoms. The Morgan fingerprint density at radius 2 is 2.14 bits per heavy atom. The van der Waals surface area contributed by atoms with E-state index in [1.807, 2.05) is 0 Å². The molecule has 2 rings (SSSR count). The van der Waals surface area contributed by atoms with Gasteiger partial charge in [-0.3, -0.25) is 4.79 Å². The number of aromatic nitrogens is 2. The summed E-state index contributed by atoms with van der Waals surface area (Å²) in [5.41, 5.74) is 5.45. The van der Waals surface area contributed by atoms with Crippen molar-refractivity contribution in [3.8, 4) is 5.75 Å². The van der Waals surface area contributed by atoms with Crippen LogP contribution in [0.1, 0.15) is 0 Å². The van der Waals surface area contributed by atoms with Gasteiger partial charge >= 0.3 is 0 Å². The minimum atomic E-state index is -0.0894. The van der Waals surface area contributed by atoms with E-state index in [2.05, 4.69) is 15.5 Å². The molecular formula is C12H13ClN4O2S2. The van der Waals surface area contributed by atoms with Gasteiger partial charge in [-0.1, -0.05) is 34.7 Å². The molecule has 112 valence electrons. The summed E-state index contributed by atoms with van der Waals surface area (Å²) >= 11 is 8.33. The van der Waals surface area contributed by atoms with Gasteiger partial charge in [0.25, 0.3) is 0 Å². The number of nitrogens with zero attached hydrogens (tertiary/aromatic N) is 2. The first-order valence-electron chi connectivity index (χ1n) is 6.00. The van der Waals surface area contributed by atoms with E-state index in [0.717, 1.165) is 0 Å². The quantitative estimate of drug-likeness (QED) is 0.590. The van der Waals surface area contributed by atoms with Gasteiger partial charge in [0.2, 0.25) is 11.0 Å². The fourth-order valence-corrected chi connectivity index (χ4v) is 2.94. The lowest BCUT2D eigenvalue weighted by Gasteiger charge is -2.07. The molecule has 1 aromatic carbocycles. The number of thioether (sulfide) groups is 1.